The van der Waals surface area contributed by atoms with Gasteiger partial charge in [-0.2, -0.15) is 0 Å². The number of aromatic nitrogens is 3. The highest BCUT2D eigenvalue weighted by Crippen LogP contribution is 2.31. The van der Waals surface area contributed by atoms with E-state index >= 15 is 0 Å². The summed E-state index contributed by atoms with van der Waals surface area (Å²) in [7, 11) is 0. The average Bonchev–Trinajstić information content (AvgIpc) is 3.24. The Morgan fingerprint density at radius 1 is 1.19 bits per heavy atom. The first kappa shape index (κ1) is 21.1. The Hall–Kier alpha value is -2.75. The van der Waals surface area contributed by atoms with Crippen molar-refractivity contribution in [2.24, 2.45) is 0 Å². The summed E-state index contributed by atoms with van der Waals surface area (Å²) in [5, 5.41) is 9.14. The molecule has 5 rings (SSSR count). The number of rotatable bonds is 4. The summed E-state index contributed by atoms with van der Waals surface area (Å²) in [5.74, 6) is 1.64. The highest BCUT2D eigenvalue weighted by molar-refractivity contribution is 7.12. The van der Waals surface area contributed by atoms with Gasteiger partial charge in [-0.3, -0.25) is 4.79 Å². The number of piperazine rings is 1. The maximum Gasteiger partial charge on any atom is 0.264 e. The van der Waals surface area contributed by atoms with Crippen molar-refractivity contribution in [2.45, 2.75) is 13.0 Å². The first-order valence-electron chi connectivity index (χ1n) is 10.7. The van der Waals surface area contributed by atoms with Crippen LogP contribution in [0.3, 0.4) is 0 Å². The maximum atomic E-state index is 12.8. The quantitative estimate of drug-likeness (QED) is 0.568. The van der Waals surface area contributed by atoms with Gasteiger partial charge >= 0.3 is 0 Å². The van der Waals surface area contributed by atoms with E-state index in [1.165, 1.54) is 11.3 Å². The van der Waals surface area contributed by atoms with Gasteiger partial charge in [-0.05, 0) is 18.6 Å². The molecule has 0 atom stereocenters. The number of carbonyl (C=O) groups excluding carboxylic acids is 1. The normalized spacial score (nSPS) is 16.3. The van der Waals surface area contributed by atoms with E-state index < -0.39 is 0 Å². The van der Waals surface area contributed by atoms with Crippen molar-refractivity contribution in [3.05, 3.63) is 51.6 Å². The third kappa shape index (κ3) is 4.41. The number of nitrogens with zero attached hydrogens (tertiary/aromatic N) is 5. The molecule has 166 valence electrons. The van der Waals surface area contributed by atoms with Crippen LogP contribution in [0.4, 0.5) is 11.6 Å². The Labute approximate surface area is 195 Å². The fraction of sp³-hybridized carbons (Fsp3) is 0.364. The second kappa shape index (κ2) is 9.40. The number of amides is 1. The zero-order valence-electron chi connectivity index (χ0n) is 17.6. The number of hydrogen-bond acceptors (Lipinski definition) is 8. The van der Waals surface area contributed by atoms with Gasteiger partial charge in [0.05, 0.1) is 16.8 Å². The van der Waals surface area contributed by atoms with E-state index in [0.717, 1.165) is 79.0 Å². The van der Waals surface area contributed by atoms with Crippen LogP contribution in [0.15, 0.2) is 36.0 Å². The molecule has 2 N–H and O–H groups in total. The van der Waals surface area contributed by atoms with Crippen molar-refractivity contribution in [3.8, 4) is 11.3 Å². The summed E-state index contributed by atoms with van der Waals surface area (Å²) < 4.78 is 0. The lowest BCUT2D eigenvalue weighted by Crippen LogP contribution is -2.46. The predicted octanol–water partition coefficient (Wildman–Crippen LogP) is 3.12. The van der Waals surface area contributed by atoms with Crippen LogP contribution in [-0.2, 0) is 6.54 Å². The van der Waals surface area contributed by atoms with E-state index in [1.54, 1.807) is 12.4 Å². The van der Waals surface area contributed by atoms with E-state index in [-0.39, 0.29) is 5.91 Å². The standard InChI is InChI=1S/C22H24ClN7OS/c23-19-15(3-1-4-25-19)13-30-8-2-5-26-20-21(30)28-17(12-27-20)16-11-18(32-14-16)22(31)29-9-6-24-7-10-29/h1,3-4,11-12,14,24H,2,5-10,13H2,(H,26,27). The molecule has 1 amide bonds. The van der Waals surface area contributed by atoms with Crippen LogP contribution in [0.1, 0.15) is 21.7 Å². The van der Waals surface area contributed by atoms with Crippen LogP contribution in [0.5, 0.6) is 0 Å². The Bertz CT molecular complexity index is 1120. The lowest BCUT2D eigenvalue weighted by atomic mass is 10.2. The van der Waals surface area contributed by atoms with Gasteiger partial charge in [0.15, 0.2) is 11.6 Å². The summed E-state index contributed by atoms with van der Waals surface area (Å²) in [6, 6.07) is 5.80. The fourth-order valence-corrected chi connectivity index (χ4v) is 5.00. The highest BCUT2D eigenvalue weighted by Gasteiger charge is 2.23. The van der Waals surface area contributed by atoms with Crippen molar-refractivity contribution < 1.29 is 4.79 Å². The molecule has 2 aliphatic heterocycles. The minimum atomic E-state index is 0.0833. The van der Waals surface area contributed by atoms with Crippen LogP contribution in [0.25, 0.3) is 11.3 Å². The van der Waals surface area contributed by atoms with Crippen LogP contribution in [-0.4, -0.2) is 65.0 Å². The molecule has 3 aromatic rings. The van der Waals surface area contributed by atoms with Crippen LogP contribution >= 0.6 is 22.9 Å². The number of thiophene rings is 1. The summed E-state index contributed by atoms with van der Waals surface area (Å²) in [6.45, 7) is 5.42. The number of hydrogen-bond donors (Lipinski definition) is 2. The van der Waals surface area contributed by atoms with Crippen molar-refractivity contribution in [1.29, 1.82) is 0 Å². The molecule has 0 unspecified atom stereocenters. The van der Waals surface area contributed by atoms with Crippen LogP contribution in [0, 0.1) is 0 Å². The number of halogens is 1. The topological polar surface area (TPSA) is 86.3 Å². The van der Waals surface area contributed by atoms with Gasteiger partial charge in [0.1, 0.15) is 5.15 Å². The molecular weight excluding hydrogens is 446 g/mol. The molecule has 3 aromatic heterocycles. The molecule has 0 aliphatic carbocycles. The molecule has 0 saturated carbocycles. The Balaban J connectivity index is 1.42. The highest BCUT2D eigenvalue weighted by atomic mass is 35.5. The number of fused-ring (bicyclic) bond motifs is 1. The van der Waals surface area contributed by atoms with Gasteiger partial charge in [0.2, 0.25) is 0 Å². The fourth-order valence-electron chi connectivity index (χ4n) is 3.95. The molecule has 32 heavy (non-hydrogen) atoms. The average molecular weight is 470 g/mol. The monoisotopic (exact) mass is 469 g/mol. The largest absolute Gasteiger partial charge is 0.367 e. The summed E-state index contributed by atoms with van der Waals surface area (Å²) >= 11 is 7.77. The first-order chi connectivity index (χ1) is 15.7. The smallest absolute Gasteiger partial charge is 0.264 e. The van der Waals surface area contributed by atoms with Gasteiger partial charge < -0.3 is 20.4 Å². The predicted molar refractivity (Wildman–Crippen MR) is 128 cm³/mol. The Morgan fingerprint density at radius 3 is 2.91 bits per heavy atom. The van der Waals surface area contributed by atoms with Gasteiger partial charge in [0, 0.05) is 68.5 Å². The number of carbonyl (C=O) groups is 1. The molecule has 10 heteroatoms. The van der Waals surface area contributed by atoms with E-state index in [4.69, 9.17) is 16.6 Å². The van der Waals surface area contributed by atoms with Crippen LogP contribution in [0.2, 0.25) is 5.15 Å². The second-order valence-electron chi connectivity index (χ2n) is 7.82. The molecule has 0 bridgehead atoms. The summed E-state index contributed by atoms with van der Waals surface area (Å²) in [4.78, 5) is 31.5. The molecule has 5 heterocycles. The molecule has 1 fully saturated rings. The lowest BCUT2D eigenvalue weighted by molar-refractivity contribution is 0.0740. The van der Waals surface area contributed by atoms with Crippen LogP contribution < -0.4 is 15.5 Å². The minimum absolute atomic E-state index is 0.0833. The molecule has 2 aliphatic rings. The number of nitrogens with one attached hydrogen (secondary N) is 2. The molecule has 8 nitrogen and oxygen atoms in total. The van der Waals surface area contributed by atoms with E-state index in [0.29, 0.717) is 11.7 Å². The van der Waals surface area contributed by atoms with Crippen molar-refractivity contribution in [2.75, 3.05) is 49.5 Å². The molecular formula is C22H24ClN7OS. The maximum absolute atomic E-state index is 12.8. The van der Waals surface area contributed by atoms with Crippen molar-refractivity contribution >= 4 is 40.5 Å². The van der Waals surface area contributed by atoms with Gasteiger partial charge in [-0.1, -0.05) is 17.7 Å². The SMILES string of the molecule is O=C(c1cc(-c2cnc3c(n2)N(Cc2cccnc2Cl)CCCN3)cs1)N1CCNCC1. The van der Waals surface area contributed by atoms with Crippen molar-refractivity contribution in [1.82, 2.24) is 25.2 Å². The van der Waals surface area contributed by atoms with E-state index in [9.17, 15) is 4.79 Å². The minimum Gasteiger partial charge on any atom is -0.367 e. The molecule has 0 aromatic carbocycles. The second-order valence-corrected chi connectivity index (χ2v) is 9.09. The first-order valence-corrected chi connectivity index (χ1v) is 12.0. The lowest BCUT2D eigenvalue weighted by Gasteiger charge is -2.26. The van der Waals surface area contributed by atoms with Gasteiger partial charge in [-0.15, -0.1) is 11.3 Å². The summed E-state index contributed by atoms with van der Waals surface area (Å²) in [6.07, 6.45) is 4.43. The Kier molecular flexibility index (Phi) is 6.20. The van der Waals surface area contributed by atoms with Crippen molar-refractivity contribution in [3.63, 3.8) is 0 Å². The third-order valence-electron chi connectivity index (χ3n) is 5.66. The van der Waals surface area contributed by atoms with Gasteiger partial charge in [-0.25, -0.2) is 15.0 Å². The number of anilines is 2. The Morgan fingerprint density at radius 2 is 2.06 bits per heavy atom. The molecule has 0 spiro atoms. The third-order valence-corrected chi connectivity index (χ3v) is 6.92. The van der Waals surface area contributed by atoms with E-state index in [1.807, 2.05) is 28.5 Å². The molecule has 0 radical (unpaired) electrons. The van der Waals surface area contributed by atoms with Gasteiger partial charge in [0.25, 0.3) is 5.91 Å². The number of pyridine rings is 1. The zero-order valence-corrected chi connectivity index (χ0v) is 19.1. The zero-order chi connectivity index (χ0) is 21.9. The summed E-state index contributed by atoms with van der Waals surface area (Å²) in [5.41, 5.74) is 2.62. The van der Waals surface area contributed by atoms with E-state index in [2.05, 4.69) is 25.5 Å². The molecule has 1 saturated heterocycles.